The number of alkyl halides is 1. The summed E-state index contributed by atoms with van der Waals surface area (Å²) < 4.78 is 4.98. The lowest BCUT2D eigenvalue weighted by Gasteiger charge is -2.23. The molecule has 0 aromatic heterocycles. The Labute approximate surface area is 158 Å². The van der Waals surface area contributed by atoms with Crippen LogP contribution in [0.4, 0.5) is 11.4 Å². The van der Waals surface area contributed by atoms with Crippen LogP contribution in [0.15, 0.2) is 35.2 Å². The number of hydrogen-bond donors (Lipinski definition) is 0. The Morgan fingerprint density at radius 3 is 2.73 bits per heavy atom. The number of thioether (sulfide) groups is 1. The lowest BCUT2D eigenvalue weighted by molar-refractivity contribution is -0.396. The van der Waals surface area contributed by atoms with E-state index in [1.165, 1.54) is 23.9 Å². The summed E-state index contributed by atoms with van der Waals surface area (Å²) in [4.78, 5) is 32.8. The van der Waals surface area contributed by atoms with Gasteiger partial charge in [0.25, 0.3) is 11.4 Å². The van der Waals surface area contributed by atoms with Crippen LogP contribution in [-0.2, 0) is 9.53 Å². The topological polar surface area (TPSA) is 113 Å². The summed E-state index contributed by atoms with van der Waals surface area (Å²) in [5.74, 6) is 0.0203. The van der Waals surface area contributed by atoms with Crippen molar-refractivity contribution in [2.24, 2.45) is 5.92 Å². The normalized spacial score (nSPS) is 19.1. The Kier molecular flexibility index (Phi) is 7.40. The minimum absolute atomic E-state index is 0.0604. The van der Waals surface area contributed by atoms with Gasteiger partial charge < -0.3 is 4.74 Å². The maximum absolute atomic E-state index is 11.7. The van der Waals surface area contributed by atoms with Gasteiger partial charge in [-0.05, 0) is 24.8 Å². The average molecular weight is 401 g/mol. The van der Waals surface area contributed by atoms with Gasteiger partial charge in [-0.3, -0.25) is 25.0 Å². The molecule has 0 saturated heterocycles. The molecule has 0 aliphatic heterocycles. The molecular formula is C16H17ClN2O6S. The van der Waals surface area contributed by atoms with Crippen LogP contribution < -0.4 is 0 Å². The molecule has 10 heteroatoms. The molecule has 0 N–H and O–H groups in total. The number of allylic oxidation sites excluding steroid dienone is 1. The summed E-state index contributed by atoms with van der Waals surface area (Å²) in [5.41, 5.74) is -0.610. The summed E-state index contributed by atoms with van der Waals surface area (Å²) >= 11 is 6.75. The average Bonchev–Trinajstić information content (AvgIpc) is 2.60. The monoisotopic (exact) mass is 400 g/mol. The van der Waals surface area contributed by atoms with Crippen LogP contribution in [0.3, 0.4) is 0 Å². The van der Waals surface area contributed by atoms with Crippen molar-refractivity contribution in [3.8, 4) is 0 Å². The van der Waals surface area contributed by atoms with Gasteiger partial charge in [0.05, 0.1) is 26.7 Å². The molecule has 0 saturated carbocycles. The van der Waals surface area contributed by atoms with Crippen molar-refractivity contribution in [3.05, 3.63) is 50.6 Å². The SMILES string of the molecule is O=C(C[C@@H]1CC=C[C@@H](Sc2ccc([N+](=O)[O-])cc2[N+](=O)[O-])C1)OCCCl. The van der Waals surface area contributed by atoms with Crippen molar-refractivity contribution in [2.45, 2.75) is 29.4 Å². The van der Waals surface area contributed by atoms with Crippen molar-refractivity contribution in [1.29, 1.82) is 0 Å². The number of hydrogen-bond acceptors (Lipinski definition) is 7. The molecular weight excluding hydrogens is 384 g/mol. The smallest absolute Gasteiger partial charge is 0.306 e. The van der Waals surface area contributed by atoms with E-state index in [0.29, 0.717) is 11.3 Å². The largest absolute Gasteiger partial charge is 0.464 e. The predicted octanol–water partition coefficient (Wildman–Crippen LogP) is 4.10. The van der Waals surface area contributed by atoms with Crippen molar-refractivity contribution in [2.75, 3.05) is 12.5 Å². The first-order valence-corrected chi connectivity index (χ1v) is 9.30. The zero-order valence-corrected chi connectivity index (χ0v) is 15.3. The van der Waals surface area contributed by atoms with Crippen molar-refractivity contribution < 1.29 is 19.4 Å². The van der Waals surface area contributed by atoms with Gasteiger partial charge >= 0.3 is 5.97 Å². The molecule has 0 heterocycles. The van der Waals surface area contributed by atoms with Crippen LogP contribution in [-0.4, -0.2) is 33.6 Å². The van der Waals surface area contributed by atoms with Gasteiger partial charge in [0.2, 0.25) is 0 Å². The Morgan fingerprint density at radius 1 is 1.31 bits per heavy atom. The Morgan fingerprint density at radius 2 is 2.08 bits per heavy atom. The molecule has 8 nitrogen and oxygen atoms in total. The van der Waals surface area contributed by atoms with Crippen LogP contribution in [0.1, 0.15) is 19.3 Å². The first-order valence-electron chi connectivity index (χ1n) is 7.88. The first-order chi connectivity index (χ1) is 12.4. The molecule has 1 aromatic carbocycles. The number of esters is 1. The molecule has 2 atom stereocenters. The number of rotatable bonds is 8. The second kappa shape index (κ2) is 9.54. The Balaban J connectivity index is 2.05. The number of nitro benzene ring substituents is 2. The van der Waals surface area contributed by atoms with E-state index in [4.69, 9.17) is 16.3 Å². The molecule has 0 bridgehead atoms. The molecule has 0 radical (unpaired) electrons. The molecule has 0 unspecified atom stereocenters. The summed E-state index contributed by atoms with van der Waals surface area (Å²) in [6, 6.07) is 3.62. The van der Waals surface area contributed by atoms with E-state index < -0.39 is 9.85 Å². The molecule has 0 spiro atoms. The molecule has 0 amide bonds. The molecule has 1 aromatic rings. The highest BCUT2D eigenvalue weighted by molar-refractivity contribution is 8.00. The van der Waals surface area contributed by atoms with Crippen LogP contribution >= 0.6 is 23.4 Å². The van der Waals surface area contributed by atoms with Crippen LogP contribution in [0, 0.1) is 26.1 Å². The maximum Gasteiger partial charge on any atom is 0.306 e. The minimum Gasteiger partial charge on any atom is -0.464 e. The number of carbonyl (C=O) groups excluding carboxylic acids is 1. The highest BCUT2D eigenvalue weighted by atomic mass is 35.5. The summed E-state index contributed by atoms with van der Waals surface area (Å²) in [5, 5.41) is 22.0. The third-order valence-corrected chi connectivity index (χ3v) is 5.22. The third kappa shape index (κ3) is 5.70. The lowest BCUT2D eigenvalue weighted by Crippen LogP contribution is -2.18. The van der Waals surface area contributed by atoms with E-state index >= 15 is 0 Å². The number of nitro groups is 2. The number of benzene rings is 1. The van der Waals surface area contributed by atoms with Gasteiger partial charge in [0.1, 0.15) is 6.61 Å². The minimum atomic E-state index is -0.662. The van der Waals surface area contributed by atoms with Crippen molar-refractivity contribution in [1.82, 2.24) is 0 Å². The van der Waals surface area contributed by atoms with Gasteiger partial charge in [-0.2, -0.15) is 0 Å². The second-order valence-electron chi connectivity index (χ2n) is 5.70. The van der Waals surface area contributed by atoms with Crippen molar-refractivity contribution >= 4 is 40.7 Å². The summed E-state index contributed by atoms with van der Waals surface area (Å²) in [7, 11) is 0. The zero-order chi connectivity index (χ0) is 19.1. The zero-order valence-electron chi connectivity index (χ0n) is 13.7. The fourth-order valence-corrected chi connectivity index (χ4v) is 4.01. The maximum atomic E-state index is 11.7. The lowest BCUT2D eigenvalue weighted by atomic mass is 9.91. The van der Waals surface area contributed by atoms with Gasteiger partial charge in [-0.15, -0.1) is 23.4 Å². The number of nitrogens with zero attached hydrogens (tertiary/aromatic N) is 2. The highest BCUT2D eigenvalue weighted by Gasteiger charge is 2.26. The molecule has 1 aliphatic carbocycles. The van der Waals surface area contributed by atoms with E-state index in [0.717, 1.165) is 12.5 Å². The van der Waals surface area contributed by atoms with E-state index in [9.17, 15) is 25.0 Å². The first kappa shape index (κ1) is 20.2. The summed E-state index contributed by atoms with van der Waals surface area (Å²) in [6.07, 6.45) is 5.54. The number of carbonyl (C=O) groups is 1. The van der Waals surface area contributed by atoms with Crippen molar-refractivity contribution in [3.63, 3.8) is 0 Å². The standard InChI is InChI=1S/C16H17ClN2O6S/c17-6-7-25-16(20)9-11-2-1-3-13(8-11)26-15-5-4-12(18(21)22)10-14(15)19(23)24/h1,3-5,10-11,13H,2,6-9H2/t11-,13-/m1/s1. The fraction of sp³-hybridized carbons (Fsp3) is 0.438. The number of halogens is 1. The second-order valence-corrected chi connectivity index (χ2v) is 7.36. The van der Waals surface area contributed by atoms with Crippen LogP contribution in [0.2, 0.25) is 0 Å². The van der Waals surface area contributed by atoms with Gasteiger partial charge in [-0.1, -0.05) is 12.2 Å². The van der Waals surface area contributed by atoms with Gasteiger partial charge in [0.15, 0.2) is 0 Å². The molecule has 0 fully saturated rings. The van der Waals surface area contributed by atoms with E-state index in [2.05, 4.69) is 0 Å². The molecule has 26 heavy (non-hydrogen) atoms. The third-order valence-electron chi connectivity index (χ3n) is 3.81. The van der Waals surface area contributed by atoms with Gasteiger partial charge in [0, 0.05) is 17.7 Å². The molecule has 1 aliphatic rings. The van der Waals surface area contributed by atoms with Crippen LogP contribution in [0.5, 0.6) is 0 Å². The van der Waals surface area contributed by atoms with E-state index in [1.807, 2.05) is 12.2 Å². The Hall–Kier alpha value is -2.13. The number of ether oxygens (including phenoxy) is 1. The highest BCUT2D eigenvalue weighted by Crippen LogP contribution is 2.39. The molecule has 140 valence electrons. The van der Waals surface area contributed by atoms with Gasteiger partial charge in [-0.25, -0.2) is 0 Å². The van der Waals surface area contributed by atoms with E-state index in [-0.39, 0.29) is 47.4 Å². The predicted molar refractivity (Wildman–Crippen MR) is 97.6 cm³/mol. The summed E-state index contributed by atoms with van der Waals surface area (Å²) in [6.45, 7) is 0.177. The van der Waals surface area contributed by atoms with E-state index in [1.54, 1.807) is 0 Å². The number of non-ortho nitro benzene ring substituents is 1. The quantitative estimate of drug-likeness (QED) is 0.212. The van der Waals surface area contributed by atoms with Crippen LogP contribution in [0.25, 0.3) is 0 Å². The Bertz CT molecular complexity index is 727. The fourth-order valence-electron chi connectivity index (χ4n) is 2.65. The molecule has 2 rings (SSSR count).